The first-order valence-electron chi connectivity index (χ1n) is 6.80. The number of rotatable bonds is 9. The van der Waals surface area contributed by atoms with E-state index in [0.717, 1.165) is 26.1 Å². The van der Waals surface area contributed by atoms with E-state index in [-0.39, 0.29) is 5.91 Å². The molecule has 1 heterocycles. The maximum absolute atomic E-state index is 11.4. The third-order valence-electron chi connectivity index (χ3n) is 3.19. The molecular weight excluding hydrogens is 200 g/mol. The number of hydrogen-bond acceptors (Lipinski definition) is 2. The standard InChI is InChI=1S/C13H26N2O/c1-2-3-4-5-6-7-8-15-13(16)9-12-10-14-11-12/h12,14H,2-11H2,1H3,(H,15,16). The van der Waals surface area contributed by atoms with Crippen LogP contribution in [0.15, 0.2) is 0 Å². The minimum Gasteiger partial charge on any atom is -0.356 e. The number of amides is 1. The Balaban J connectivity index is 1.80. The van der Waals surface area contributed by atoms with Gasteiger partial charge < -0.3 is 10.6 Å². The van der Waals surface area contributed by atoms with Gasteiger partial charge in [0.1, 0.15) is 0 Å². The van der Waals surface area contributed by atoms with Crippen LogP contribution in [0.4, 0.5) is 0 Å². The fourth-order valence-corrected chi connectivity index (χ4v) is 1.96. The number of unbranched alkanes of at least 4 members (excludes halogenated alkanes) is 5. The van der Waals surface area contributed by atoms with E-state index in [9.17, 15) is 4.79 Å². The van der Waals surface area contributed by atoms with Gasteiger partial charge in [0.05, 0.1) is 0 Å². The van der Waals surface area contributed by atoms with Crippen LogP contribution < -0.4 is 10.6 Å². The Morgan fingerprint density at radius 2 is 1.88 bits per heavy atom. The van der Waals surface area contributed by atoms with E-state index in [1.807, 2.05) is 0 Å². The largest absolute Gasteiger partial charge is 0.356 e. The Labute approximate surface area is 99.4 Å². The van der Waals surface area contributed by atoms with Crippen molar-refractivity contribution in [3.8, 4) is 0 Å². The number of hydrogen-bond donors (Lipinski definition) is 2. The smallest absolute Gasteiger partial charge is 0.220 e. The SMILES string of the molecule is CCCCCCCCNC(=O)CC1CNC1. The molecule has 1 saturated heterocycles. The second-order valence-corrected chi connectivity index (χ2v) is 4.85. The zero-order valence-corrected chi connectivity index (χ0v) is 10.6. The molecule has 0 atom stereocenters. The maximum Gasteiger partial charge on any atom is 0.220 e. The van der Waals surface area contributed by atoms with Crippen LogP contribution in [-0.2, 0) is 4.79 Å². The van der Waals surface area contributed by atoms with Gasteiger partial charge in [0.2, 0.25) is 5.91 Å². The van der Waals surface area contributed by atoms with E-state index in [0.29, 0.717) is 12.3 Å². The number of carbonyl (C=O) groups excluding carboxylic acids is 1. The maximum atomic E-state index is 11.4. The van der Waals surface area contributed by atoms with Gasteiger partial charge in [-0.25, -0.2) is 0 Å². The lowest BCUT2D eigenvalue weighted by Crippen LogP contribution is -2.44. The first kappa shape index (κ1) is 13.5. The van der Waals surface area contributed by atoms with Gasteiger partial charge in [-0.1, -0.05) is 39.0 Å². The summed E-state index contributed by atoms with van der Waals surface area (Å²) >= 11 is 0. The highest BCUT2D eigenvalue weighted by atomic mass is 16.1. The van der Waals surface area contributed by atoms with Crippen LogP contribution in [0.25, 0.3) is 0 Å². The zero-order chi connectivity index (χ0) is 11.6. The Kier molecular flexibility index (Phi) is 7.23. The molecule has 0 spiro atoms. The molecule has 1 amide bonds. The molecule has 0 aromatic carbocycles. The molecule has 0 aliphatic carbocycles. The van der Waals surface area contributed by atoms with Gasteiger partial charge in [-0.15, -0.1) is 0 Å². The zero-order valence-electron chi connectivity index (χ0n) is 10.6. The normalized spacial score (nSPS) is 15.8. The molecule has 1 aliphatic rings. The van der Waals surface area contributed by atoms with Gasteiger partial charge in [-0.3, -0.25) is 4.79 Å². The van der Waals surface area contributed by atoms with Gasteiger partial charge in [-0.2, -0.15) is 0 Å². The van der Waals surface area contributed by atoms with E-state index >= 15 is 0 Å². The third kappa shape index (κ3) is 6.11. The highest BCUT2D eigenvalue weighted by Gasteiger charge is 2.19. The van der Waals surface area contributed by atoms with E-state index in [1.165, 1.54) is 32.1 Å². The van der Waals surface area contributed by atoms with E-state index in [4.69, 9.17) is 0 Å². The highest BCUT2D eigenvalue weighted by Crippen LogP contribution is 2.08. The summed E-state index contributed by atoms with van der Waals surface area (Å²) in [5.41, 5.74) is 0. The molecule has 3 nitrogen and oxygen atoms in total. The highest BCUT2D eigenvalue weighted by molar-refractivity contribution is 5.76. The molecule has 1 aliphatic heterocycles. The van der Waals surface area contributed by atoms with Crippen LogP contribution in [0.2, 0.25) is 0 Å². The molecule has 94 valence electrons. The lowest BCUT2D eigenvalue weighted by molar-refractivity contribution is -0.122. The second kappa shape index (κ2) is 8.57. The van der Waals surface area contributed by atoms with Gasteiger partial charge in [0.25, 0.3) is 0 Å². The van der Waals surface area contributed by atoms with Crippen LogP contribution in [0.1, 0.15) is 51.9 Å². The van der Waals surface area contributed by atoms with Gasteiger partial charge in [-0.05, 0) is 25.4 Å². The van der Waals surface area contributed by atoms with Crippen molar-refractivity contribution in [1.82, 2.24) is 10.6 Å². The third-order valence-corrected chi connectivity index (χ3v) is 3.19. The Bertz CT molecular complexity index is 190. The Morgan fingerprint density at radius 3 is 2.50 bits per heavy atom. The molecule has 0 saturated carbocycles. The fourth-order valence-electron chi connectivity index (χ4n) is 1.96. The molecule has 1 rings (SSSR count). The fraction of sp³-hybridized carbons (Fsp3) is 0.923. The molecule has 16 heavy (non-hydrogen) atoms. The average molecular weight is 226 g/mol. The summed E-state index contributed by atoms with van der Waals surface area (Å²) in [7, 11) is 0. The summed E-state index contributed by atoms with van der Waals surface area (Å²) in [6.45, 7) is 5.13. The van der Waals surface area contributed by atoms with Crippen molar-refractivity contribution in [3.05, 3.63) is 0 Å². The van der Waals surface area contributed by atoms with Crippen LogP contribution in [0.3, 0.4) is 0 Å². The number of nitrogens with one attached hydrogen (secondary N) is 2. The molecule has 0 aromatic rings. The molecule has 3 heteroatoms. The van der Waals surface area contributed by atoms with Gasteiger partial charge in [0, 0.05) is 13.0 Å². The summed E-state index contributed by atoms with van der Waals surface area (Å²) < 4.78 is 0. The monoisotopic (exact) mass is 226 g/mol. The predicted molar refractivity (Wildman–Crippen MR) is 67.4 cm³/mol. The van der Waals surface area contributed by atoms with Crippen molar-refractivity contribution in [2.45, 2.75) is 51.9 Å². The summed E-state index contributed by atoms with van der Waals surface area (Å²) in [4.78, 5) is 11.4. The molecule has 0 radical (unpaired) electrons. The molecule has 0 bridgehead atoms. The van der Waals surface area contributed by atoms with Gasteiger partial charge >= 0.3 is 0 Å². The van der Waals surface area contributed by atoms with E-state index in [2.05, 4.69) is 17.6 Å². The van der Waals surface area contributed by atoms with E-state index in [1.54, 1.807) is 0 Å². The lowest BCUT2D eigenvalue weighted by Gasteiger charge is -2.26. The Hall–Kier alpha value is -0.570. The first-order valence-corrected chi connectivity index (χ1v) is 6.80. The second-order valence-electron chi connectivity index (χ2n) is 4.85. The molecule has 2 N–H and O–H groups in total. The molecular formula is C13H26N2O. The van der Waals surface area contributed by atoms with Crippen LogP contribution in [-0.4, -0.2) is 25.5 Å². The van der Waals surface area contributed by atoms with E-state index < -0.39 is 0 Å². The van der Waals surface area contributed by atoms with Crippen LogP contribution >= 0.6 is 0 Å². The minimum atomic E-state index is 0.236. The molecule has 0 unspecified atom stereocenters. The van der Waals surface area contributed by atoms with Crippen LogP contribution in [0.5, 0.6) is 0 Å². The van der Waals surface area contributed by atoms with Crippen LogP contribution in [0, 0.1) is 5.92 Å². The van der Waals surface area contributed by atoms with Gasteiger partial charge in [0.15, 0.2) is 0 Å². The summed E-state index contributed by atoms with van der Waals surface area (Å²) in [5, 5.41) is 6.19. The Morgan fingerprint density at radius 1 is 1.19 bits per heavy atom. The first-order chi connectivity index (χ1) is 7.83. The molecule has 1 fully saturated rings. The number of carbonyl (C=O) groups is 1. The minimum absolute atomic E-state index is 0.236. The van der Waals surface area contributed by atoms with Crippen molar-refractivity contribution >= 4 is 5.91 Å². The summed E-state index contributed by atoms with van der Waals surface area (Å²) in [6.07, 6.45) is 8.41. The average Bonchev–Trinajstić information content (AvgIpc) is 2.22. The van der Waals surface area contributed by atoms with Crippen molar-refractivity contribution in [2.24, 2.45) is 5.92 Å². The summed E-state index contributed by atoms with van der Waals surface area (Å²) in [5.74, 6) is 0.824. The lowest BCUT2D eigenvalue weighted by atomic mass is 9.99. The predicted octanol–water partition coefficient (Wildman–Crippen LogP) is 2.07. The van der Waals surface area contributed by atoms with Crippen molar-refractivity contribution in [2.75, 3.05) is 19.6 Å². The van der Waals surface area contributed by atoms with Crippen molar-refractivity contribution < 1.29 is 4.79 Å². The van der Waals surface area contributed by atoms with Crippen molar-refractivity contribution in [1.29, 1.82) is 0 Å². The topological polar surface area (TPSA) is 41.1 Å². The quantitative estimate of drug-likeness (QED) is 0.591. The van der Waals surface area contributed by atoms with Crippen molar-refractivity contribution in [3.63, 3.8) is 0 Å². The molecule has 0 aromatic heterocycles. The summed E-state index contributed by atoms with van der Waals surface area (Å²) in [6, 6.07) is 0.